The second-order valence-electron chi connectivity index (χ2n) is 3.96. The van der Waals surface area contributed by atoms with E-state index in [1.807, 2.05) is 0 Å². The van der Waals surface area contributed by atoms with E-state index in [-0.39, 0.29) is 23.0 Å². The van der Waals surface area contributed by atoms with Gasteiger partial charge < -0.3 is 10.3 Å². The molecule has 0 radical (unpaired) electrons. The number of rotatable bonds is 6. The number of nitrogens with zero attached hydrogens (tertiary/aromatic N) is 2. The highest BCUT2D eigenvalue weighted by Gasteiger charge is 2.18. The van der Waals surface area contributed by atoms with E-state index in [1.54, 1.807) is 6.07 Å². The van der Waals surface area contributed by atoms with Gasteiger partial charge in [0.15, 0.2) is 5.82 Å². The molecule has 0 aliphatic heterocycles. The summed E-state index contributed by atoms with van der Waals surface area (Å²) in [7, 11) is -3.70. The van der Waals surface area contributed by atoms with Crippen LogP contribution in [0.5, 0.6) is 0 Å². The molecule has 2 rings (SSSR count). The van der Waals surface area contributed by atoms with Crippen molar-refractivity contribution in [3.05, 3.63) is 41.0 Å². The zero-order chi connectivity index (χ0) is 14.6. The molecule has 0 amide bonds. The first kappa shape index (κ1) is 14.9. The van der Waals surface area contributed by atoms with Gasteiger partial charge in [-0.2, -0.15) is 4.98 Å². The number of nitrogens with one attached hydrogen (secondary N) is 1. The summed E-state index contributed by atoms with van der Waals surface area (Å²) in [5, 5.41) is 3.74. The molecule has 1 aromatic heterocycles. The number of nitrogens with two attached hydrogens (primary N) is 1. The third kappa shape index (κ3) is 3.54. The summed E-state index contributed by atoms with van der Waals surface area (Å²) in [4.78, 5) is 3.81. The van der Waals surface area contributed by atoms with Crippen LogP contribution in [0.3, 0.4) is 0 Å². The van der Waals surface area contributed by atoms with Crippen molar-refractivity contribution < 1.29 is 12.9 Å². The highest BCUT2D eigenvalue weighted by molar-refractivity contribution is 7.89. The van der Waals surface area contributed by atoms with Gasteiger partial charge in [-0.1, -0.05) is 22.8 Å². The molecule has 0 atom stereocenters. The van der Waals surface area contributed by atoms with Crippen LogP contribution in [0, 0.1) is 0 Å². The maximum atomic E-state index is 12.1. The SMILES string of the molecule is NCc1ccc(Cl)c(S(=O)(=O)NCCc2ncon2)c1. The van der Waals surface area contributed by atoms with Gasteiger partial charge in [-0.15, -0.1) is 0 Å². The van der Waals surface area contributed by atoms with E-state index < -0.39 is 10.0 Å². The summed E-state index contributed by atoms with van der Waals surface area (Å²) in [5.74, 6) is 0.425. The molecule has 0 bridgehead atoms. The lowest BCUT2D eigenvalue weighted by molar-refractivity contribution is 0.410. The lowest BCUT2D eigenvalue weighted by Gasteiger charge is -2.09. The second-order valence-corrected chi connectivity index (χ2v) is 6.11. The highest BCUT2D eigenvalue weighted by atomic mass is 35.5. The molecule has 1 aromatic carbocycles. The molecular weight excluding hydrogens is 304 g/mol. The van der Waals surface area contributed by atoms with Crippen LogP contribution in [0.25, 0.3) is 0 Å². The number of hydrogen-bond acceptors (Lipinski definition) is 6. The van der Waals surface area contributed by atoms with E-state index in [0.29, 0.717) is 17.8 Å². The molecule has 0 aliphatic carbocycles. The van der Waals surface area contributed by atoms with Gasteiger partial charge >= 0.3 is 0 Å². The van der Waals surface area contributed by atoms with Crippen LogP contribution in [0.1, 0.15) is 11.4 Å². The first-order valence-electron chi connectivity index (χ1n) is 5.76. The van der Waals surface area contributed by atoms with Crippen LogP contribution in [0.2, 0.25) is 5.02 Å². The van der Waals surface area contributed by atoms with E-state index in [9.17, 15) is 8.42 Å². The van der Waals surface area contributed by atoms with E-state index in [2.05, 4.69) is 19.4 Å². The minimum absolute atomic E-state index is 0.00947. The molecule has 7 nitrogen and oxygen atoms in total. The maximum absolute atomic E-state index is 12.1. The summed E-state index contributed by atoms with van der Waals surface area (Å²) in [6, 6.07) is 4.65. The van der Waals surface area contributed by atoms with Gasteiger partial charge in [0.05, 0.1) is 5.02 Å². The molecule has 20 heavy (non-hydrogen) atoms. The number of hydrogen-bond donors (Lipinski definition) is 2. The third-order valence-corrected chi connectivity index (χ3v) is 4.51. The Morgan fingerprint density at radius 1 is 1.40 bits per heavy atom. The number of sulfonamides is 1. The molecule has 0 saturated carbocycles. The van der Waals surface area contributed by atoms with Crippen LogP contribution in [-0.4, -0.2) is 25.1 Å². The van der Waals surface area contributed by atoms with Crippen LogP contribution in [0.15, 0.2) is 34.0 Å². The van der Waals surface area contributed by atoms with Crippen molar-refractivity contribution in [3.8, 4) is 0 Å². The molecule has 2 aromatic rings. The van der Waals surface area contributed by atoms with Gasteiger partial charge in [0.25, 0.3) is 0 Å². The lowest BCUT2D eigenvalue weighted by Crippen LogP contribution is -2.26. The zero-order valence-electron chi connectivity index (χ0n) is 10.4. The minimum atomic E-state index is -3.70. The average Bonchev–Trinajstić information content (AvgIpc) is 2.92. The van der Waals surface area contributed by atoms with Crippen molar-refractivity contribution in [2.75, 3.05) is 6.54 Å². The third-order valence-electron chi connectivity index (χ3n) is 2.57. The predicted octanol–water partition coefficient (Wildman–Crippen LogP) is 0.703. The molecule has 0 fully saturated rings. The van der Waals surface area contributed by atoms with Gasteiger partial charge in [0, 0.05) is 19.5 Å². The van der Waals surface area contributed by atoms with Crippen molar-refractivity contribution in [2.45, 2.75) is 17.9 Å². The lowest BCUT2D eigenvalue weighted by atomic mass is 10.2. The quantitative estimate of drug-likeness (QED) is 0.811. The van der Waals surface area contributed by atoms with Crippen LogP contribution in [0.4, 0.5) is 0 Å². The normalized spacial score (nSPS) is 11.7. The summed E-state index contributed by atoms with van der Waals surface area (Å²) in [5.41, 5.74) is 6.18. The second kappa shape index (κ2) is 6.31. The Labute approximate surface area is 121 Å². The van der Waals surface area contributed by atoms with E-state index >= 15 is 0 Å². The number of halogens is 1. The Morgan fingerprint density at radius 2 is 2.20 bits per heavy atom. The van der Waals surface area contributed by atoms with E-state index in [1.165, 1.54) is 18.5 Å². The monoisotopic (exact) mass is 316 g/mol. The Morgan fingerprint density at radius 3 is 2.85 bits per heavy atom. The summed E-state index contributed by atoms with van der Waals surface area (Å²) in [6.45, 7) is 0.383. The first-order valence-corrected chi connectivity index (χ1v) is 7.62. The average molecular weight is 317 g/mol. The standard InChI is InChI=1S/C11H13ClN4O3S/c12-9-2-1-8(6-13)5-10(9)20(17,18)15-4-3-11-14-7-19-16-11/h1-2,5,7,15H,3-4,6,13H2. The van der Waals surface area contributed by atoms with E-state index in [0.717, 1.165) is 0 Å². The molecule has 3 N–H and O–H groups in total. The van der Waals surface area contributed by atoms with Crippen molar-refractivity contribution in [2.24, 2.45) is 5.73 Å². The fraction of sp³-hybridized carbons (Fsp3) is 0.273. The molecule has 108 valence electrons. The molecule has 0 saturated heterocycles. The van der Waals surface area contributed by atoms with Gasteiger partial charge in [-0.05, 0) is 17.7 Å². The summed E-state index contributed by atoms with van der Waals surface area (Å²) >= 11 is 5.92. The van der Waals surface area contributed by atoms with Gasteiger partial charge in [0.2, 0.25) is 16.4 Å². The van der Waals surface area contributed by atoms with Crippen molar-refractivity contribution >= 4 is 21.6 Å². The minimum Gasteiger partial charge on any atom is -0.343 e. The highest BCUT2D eigenvalue weighted by Crippen LogP contribution is 2.22. The van der Waals surface area contributed by atoms with Crippen molar-refractivity contribution in [3.63, 3.8) is 0 Å². The Hall–Kier alpha value is -1.48. The first-order chi connectivity index (χ1) is 9.53. The van der Waals surface area contributed by atoms with Crippen molar-refractivity contribution in [1.29, 1.82) is 0 Å². The zero-order valence-corrected chi connectivity index (χ0v) is 12.0. The predicted molar refractivity (Wildman–Crippen MR) is 72.5 cm³/mol. The van der Waals surface area contributed by atoms with Crippen LogP contribution >= 0.6 is 11.6 Å². The maximum Gasteiger partial charge on any atom is 0.242 e. The molecule has 0 aliphatic rings. The van der Waals surface area contributed by atoms with Gasteiger partial charge in [0.1, 0.15) is 4.90 Å². The van der Waals surface area contributed by atoms with Gasteiger partial charge in [-0.3, -0.25) is 0 Å². The Balaban J connectivity index is 2.09. The molecule has 0 unspecified atom stereocenters. The number of aromatic nitrogens is 2. The molecule has 0 spiro atoms. The summed E-state index contributed by atoms with van der Waals surface area (Å²) in [6.07, 6.45) is 1.51. The van der Waals surface area contributed by atoms with E-state index in [4.69, 9.17) is 17.3 Å². The summed E-state index contributed by atoms with van der Waals surface area (Å²) < 4.78 is 31.3. The number of benzene rings is 1. The molecule has 9 heteroatoms. The Kier molecular flexibility index (Phi) is 4.71. The topological polar surface area (TPSA) is 111 Å². The van der Waals surface area contributed by atoms with Crippen LogP contribution < -0.4 is 10.5 Å². The Bertz CT molecular complexity index is 673. The van der Waals surface area contributed by atoms with Crippen LogP contribution in [-0.2, 0) is 23.0 Å². The smallest absolute Gasteiger partial charge is 0.242 e. The van der Waals surface area contributed by atoms with Crippen molar-refractivity contribution in [1.82, 2.24) is 14.9 Å². The fourth-order valence-electron chi connectivity index (χ4n) is 1.56. The fourth-order valence-corrected chi connectivity index (χ4v) is 3.14. The van der Waals surface area contributed by atoms with Gasteiger partial charge in [-0.25, -0.2) is 13.1 Å². The largest absolute Gasteiger partial charge is 0.343 e. The molecule has 1 heterocycles. The molecular formula is C11H13ClN4O3S.